The fraction of sp³-hybridized carbons (Fsp3) is 0.455. The Morgan fingerprint density at radius 1 is 1.19 bits per heavy atom. The van der Waals surface area contributed by atoms with Crippen LogP contribution in [-0.2, 0) is 6.54 Å². The Balaban J connectivity index is 2.02. The zero-order valence-corrected chi connectivity index (χ0v) is 9.37. The predicted molar refractivity (Wildman–Crippen MR) is 60.6 cm³/mol. The number of pyridine rings is 1. The highest BCUT2D eigenvalue weighted by atomic mass is 15.6. The molecule has 0 atom stereocenters. The molecule has 0 spiro atoms. The smallest absolute Gasteiger partial charge is 0.205 e. The molecule has 2 rings (SSSR count). The van der Waals surface area contributed by atoms with Crippen molar-refractivity contribution in [1.29, 1.82) is 0 Å². The number of unbranched alkanes of at least 4 members (excludes halogenated alkanes) is 2. The summed E-state index contributed by atoms with van der Waals surface area (Å²) in [4.78, 5) is 5.61. The summed E-state index contributed by atoms with van der Waals surface area (Å²) in [6.45, 7) is 3.02. The summed E-state index contributed by atoms with van der Waals surface area (Å²) in [7, 11) is 0. The van der Waals surface area contributed by atoms with Crippen LogP contribution in [0.1, 0.15) is 26.2 Å². The molecule has 0 aliphatic heterocycles. The molecular weight excluding hydrogens is 202 g/mol. The zero-order chi connectivity index (χ0) is 11.2. The third-order valence-corrected chi connectivity index (χ3v) is 2.35. The Bertz CT molecular complexity index is 423. The van der Waals surface area contributed by atoms with Gasteiger partial charge in [-0.15, -0.1) is 10.2 Å². The van der Waals surface area contributed by atoms with Crippen molar-refractivity contribution in [2.75, 3.05) is 0 Å². The van der Waals surface area contributed by atoms with Crippen LogP contribution in [0.15, 0.2) is 24.5 Å². The Morgan fingerprint density at radius 2 is 2.00 bits per heavy atom. The van der Waals surface area contributed by atoms with Gasteiger partial charge in [-0.2, -0.15) is 4.80 Å². The molecule has 5 nitrogen and oxygen atoms in total. The molecule has 2 aromatic heterocycles. The minimum absolute atomic E-state index is 0.666. The molecule has 0 fully saturated rings. The van der Waals surface area contributed by atoms with E-state index in [4.69, 9.17) is 0 Å². The summed E-state index contributed by atoms with van der Waals surface area (Å²) < 4.78 is 0. The molecule has 0 aliphatic rings. The largest absolute Gasteiger partial charge is 0.265 e. The maximum atomic E-state index is 4.32. The van der Waals surface area contributed by atoms with Crippen LogP contribution < -0.4 is 0 Å². The third kappa shape index (κ3) is 2.62. The lowest BCUT2D eigenvalue weighted by Crippen LogP contribution is -2.02. The van der Waals surface area contributed by atoms with Crippen LogP contribution in [-0.4, -0.2) is 25.2 Å². The van der Waals surface area contributed by atoms with Gasteiger partial charge in [-0.25, -0.2) is 0 Å². The zero-order valence-electron chi connectivity index (χ0n) is 9.37. The van der Waals surface area contributed by atoms with Crippen molar-refractivity contribution in [3.63, 3.8) is 0 Å². The van der Waals surface area contributed by atoms with Crippen molar-refractivity contribution >= 4 is 0 Å². The highest BCUT2D eigenvalue weighted by Crippen LogP contribution is 2.10. The fourth-order valence-electron chi connectivity index (χ4n) is 1.46. The quantitative estimate of drug-likeness (QED) is 0.718. The second kappa shape index (κ2) is 5.34. The first kappa shape index (κ1) is 10.7. The molecule has 0 amide bonds. The molecule has 5 heteroatoms. The lowest BCUT2D eigenvalue weighted by Gasteiger charge is -1.96. The van der Waals surface area contributed by atoms with E-state index in [2.05, 4.69) is 27.3 Å². The first-order valence-corrected chi connectivity index (χ1v) is 5.58. The van der Waals surface area contributed by atoms with Crippen LogP contribution >= 0.6 is 0 Å². The summed E-state index contributed by atoms with van der Waals surface area (Å²) in [5.74, 6) is 0.666. The van der Waals surface area contributed by atoms with E-state index in [-0.39, 0.29) is 0 Å². The lowest BCUT2D eigenvalue weighted by atomic mass is 10.2. The number of tetrazole rings is 1. The van der Waals surface area contributed by atoms with Crippen molar-refractivity contribution in [3.05, 3.63) is 24.5 Å². The number of hydrogen-bond acceptors (Lipinski definition) is 4. The van der Waals surface area contributed by atoms with E-state index >= 15 is 0 Å². The molecule has 0 radical (unpaired) electrons. The first-order valence-electron chi connectivity index (χ1n) is 5.58. The molecule has 16 heavy (non-hydrogen) atoms. The minimum Gasteiger partial charge on any atom is -0.265 e. The monoisotopic (exact) mass is 217 g/mol. The third-order valence-electron chi connectivity index (χ3n) is 2.35. The maximum Gasteiger partial charge on any atom is 0.205 e. The summed E-state index contributed by atoms with van der Waals surface area (Å²) in [6.07, 6.45) is 6.96. The van der Waals surface area contributed by atoms with Crippen molar-refractivity contribution in [3.8, 4) is 11.4 Å². The Morgan fingerprint density at radius 3 is 2.75 bits per heavy atom. The van der Waals surface area contributed by atoms with Gasteiger partial charge in [0.25, 0.3) is 0 Å². The van der Waals surface area contributed by atoms with Crippen LogP contribution in [0.5, 0.6) is 0 Å². The summed E-state index contributed by atoms with van der Waals surface area (Å²) in [6, 6.07) is 3.76. The Labute approximate surface area is 94.5 Å². The van der Waals surface area contributed by atoms with Crippen LogP contribution in [0.2, 0.25) is 0 Å². The van der Waals surface area contributed by atoms with Crippen molar-refractivity contribution in [2.45, 2.75) is 32.7 Å². The van der Waals surface area contributed by atoms with Gasteiger partial charge in [0.2, 0.25) is 5.82 Å². The van der Waals surface area contributed by atoms with E-state index in [9.17, 15) is 0 Å². The lowest BCUT2D eigenvalue weighted by molar-refractivity contribution is 0.486. The molecule has 0 saturated heterocycles. The fourth-order valence-corrected chi connectivity index (χ4v) is 1.46. The molecular formula is C11H15N5. The maximum absolute atomic E-state index is 4.32. The average molecular weight is 217 g/mol. The number of hydrogen-bond donors (Lipinski definition) is 0. The highest BCUT2D eigenvalue weighted by molar-refractivity contribution is 5.51. The van der Waals surface area contributed by atoms with Gasteiger partial charge in [0, 0.05) is 18.0 Å². The standard InChI is InChI=1S/C11H15N5/c1-2-3-4-9-16-14-11(13-15-16)10-5-7-12-8-6-10/h5-8H,2-4,9H2,1H3. The predicted octanol–water partition coefficient (Wildman–Crippen LogP) is 1.93. The van der Waals surface area contributed by atoms with Crippen LogP contribution in [0.3, 0.4) is 0 Å². The van der Waals surface area contributed by atoms with E-state index in [1.165, 1.54) is 12.8 Å². The second-order valence-electron chi connectivity index (χ2n) is 3.65. The number of aryl methyl sites for hydroxylation is 1. The normalized spacial score (nSPS) is 10.6. The van der Waals surface area contributed by atoms with Crippen molar-refractivity contribution in [1.82, 2.24) is 25.2 Å². The minimum atomic E-state index is 0.666. The van der Waals surface area contributed by atoms with E-state index in [1.54, 1.807) is 17.2 Å². The highest BCUT2D eigenvalue weighted by Gasteiger charge is 2.04. The molecule has 0 N–H and O–H groups in total. The molecule has 2 aromatic rings. The van der Waals surface area contributed by atoms with Gasteiger partial charge in [0.05, 0.1) is 6.54 Å². The molecule has 0 aliphatic carbocycles. The van der Waals surface area contributed by atoms with Crippen molar-refractivity contribution in [2.24, 2.45) is 0 Å². The number of rotatable bonds is 5. The summed E-state index contributed by atoms with van der Waals surface area (Å²) in [5.41, 5.74) is 0.955. The van der Waals surface area contributed by atoms with Gasteiger partial charge in [-0.1, -0.05) is 19.8 Å². The number of aromatic nitrogens is 5. The van der Waals surface area contributed by atoms with Gasteiger partial charge < -0.3 is 0 Å². The van der Waals surface area contributed by atoms with Crippen molar-refractivity contribution < 1.29 is 0 Å². The molecule has 84 valence electrons. The Kier molecular flexibility index (Phi) is 3.58. The van der Waals surface area contributed by atoms with Crippen LogP contribution in [0.4, 0.5) is 0 Å². The van der Waals surface area contributed by atoms with Crippen LogP contribution in [0.25, 0.3) is 11.4 Å². The van der Waals surface area contributed by atoms with Gasteiger partial charge in [0.15, 0.2) is 0 Å². The van der Waals surface area contributed by atoms with Gasteiger partial charge in [-0.3, -0.25) is 4.98 Å². The van der Waals surface area contributed by atoms with Crippen LogP contribution in [0, 0.1) is 0 Å². The molecule has 0 saturated carbocycles. The second-order valence-corrected chi connectivity index (χ2v) is 3.65. The van der Waals surface area contributed by atoms with Gasteiger partial charge in [0.1, 0.15) is 0 Å². The SMILES string of the molecule is CCCCCn1nnc(-c2ccncc2)n1. The molecule has 0 bridgehead atoms. The molecule has 0 aromatic carbocycles. The van der Waals surface area contributed by atoms with E-state index in [0.29, 0.717) is 5.82 Å². The van der Waals surface area contributed by atoms with E-state index in [1.807, 2.05) is 12.1 Å². The number of nitrogens with zero attached hydrogens (tertiary/aromatic N) is 5. The first-order chi connectivity index (χ1) is 7.90. The molecule has 2 heterocycles. The van der Waals surface area contributed by atoms with E-state index in [0.717, 1.165) is 18.5 Å². The average Bonchev–Trinajstić information content (AvgIpc) is 2.79. The van der Waals surface area contributed by atoms with Gasteiger partial charge >= 0.3 is 0 Å². The van der Waals surface area contributed by atoms with E-state index < -0.39 is 0 Å². The molecule has 0 unspecified atom stereocenters. The Hall–Kier alpha value is -1.78. The topological polar surface area (TPSA) is 56.5 Å². The summed E-state index contributed by atoms with van der Waals surface area (Å²) >= 11 is 0. The summed E-state index contributed by atoms with van der Waals surface area (Å²) in [5, 5.41) is 12.4. The van der Waals surface area contributed by atoms with Gasteiger partial charge in [-0.05, 0) is 23.8 Å².